The molecule has 0 aliphatic rings. The van der Waals surface area contributed by atoms with Crippen LogP contribution in [0.1, 0.15) is 0 Å². The van der Waals surface area contributed by atoms with Gasteiger partial charge in [-0.1, -0.05) is 0 Å². The quantitative estimate of drug-likeness (QED) is 0.546. The van der Waals surface area contributed by atoms with Crippen LogP contribution in [-0.2, 0) is 0 Å². The summed E-state index contributed by atoms with van der Waals surface area (Å²) in [5.41, 5.74) is 1.61. The molecule has 0 amide bonds. The van der Waals surface area contributed by atoms with Crippen molar-refractivity contribution in [3.05, 3.63) is 24.6 Å². The van der Waals surface area contributed by atoms with Crippen molar-refractivity contribution < 1.29 is 9.15 Å². The van der Waals surface area contributed by atoms with E-state index in [-0.39, 0.29) is 5.30 Å². The van der Waals surface area contributed by atoms with Crippen molar-refractivity contribution in [2.24, 2.45) is 0 Å². The lowest BCUT2D eigenvalue weighted by Crippen LogP contribution is -2.37. The van der Waals surface area contributed by atoms with E-state index in [0.717, 1.165) is 16.8 Å². The van der Waals surface area contributed by atoms with Crippen molar-refractivity contribution in [3.63, 3.8) is 0 Å². The van der Waals surface area contributed by atoms with Crippen LogP contribution < -0.4 is 4.74 Å². The molecule has 6 heteroatoms. The van der Waals surface area contributed by atoms with E-state index in [1.807, 2.05) is 41.7 Å². The predicted molar refractivity (Wildman–Crippen MR) is 63.0 cm³/mol. The highest BCUT2D eigenvalue weighted by molar-refractivity contribution is 6.58. The number of oxazole rings is 1. The summed E-state index contributed by atoms with van der Waals surface area (Å²) in [7, 11) is 6.04. The summed E-state index contributed by atoms with van der Waals surface area (Å²) in [6.07, 6.45) is 1.44. The third-order valence-electron chi connectivity index (χ3n) is 1.73. The highest BCUT2D eigenvalue weighted by Gasteiger charge is 2.12. The molecule has 0 aliphatic carbocycles. The van der Waals surface area contributed by atoms with Gasteiger partial charge in [0.2, 0.25) is 0 Å². The van der Waals surface area contributed by atoms with Crippen molar-refractivity contribution in [2.75, 3.05) is 0 Å². The first kappa shape index (κ1) is 9.25. The third-order valence-corrected chi connectivity index (χ3v) is 1.73. The van der Waals surface area contributed by atoms with Gasteiger partial charge in [-0.25, -0.2) is 4.98 Å². The summed E-state index contributed by atoms with van der Waals surface area (Å²) in [6.45, 7) is 0. The fourth-order valence-corrected chi connectivity index (χ4v) is 1.25. The maximum absolute atomic E-state index is 5.70. The van der Waals surface area contributed by atoms with Gasteiger partial charge in [0.15, 0.2) is 12.0 Å². The second kappa shape index (κ2) is 3.12. The zero-order chi connectivity index (χ0) is 10.2. The lowest BCUT2D eigenvalue weighted by atomic mass is 9.52. The van der Waals surface area contributed by atoms with Gasteiger partial charge in [0.05, 0.1) is 0 Å². The molecule has 1 aromatic heterocycles. The lowest BCUT2D eigenvalue weighted by Gasteiger charge is -2.21. The third kappa shape index (κ3) is 1.95. The summed E-state index contributed by atoms with van der Waals surface area (Å²) in [5, 5.41) is -0.183. The molecular weight excluding hydrogens is 175 g/mol. The Hall–Kier alpha value is -1.32. The Kier molecular flexibility index (Phi) is 2.06. The van der Waals surface area contributed by atoms with Crippen molar-refractivity contribution in [2.45, 2.75) is 5.30 Å². The average Bonchev–Trinajstić information content (AvgIpc) is 2.47. The van der Waals surface area contributed by atoms with Gasteiger partial charge >= 0.3 is 0 Å². The molecule has 0 unspecified atom stereocenters. The summed E-state index contributed by atoms with van der Waals surface area (Å²) in [6, 6.07) is 5.63. The Labute approximate surface area is 85.1 Å². The molecular formula is C8H10B3NO2. The Balaban J connectivity index is 2.35. The molecule has 2 aromatic rings. The maximum atomic E-state index is 5.70. The van der Waals surface area contributed by atoms with Gasteiger partial charge in [0.25, 0.3) is 0 Å². The van der Waals surface area contributed by atoms with Gasteiger partial charge in [0, 0.05) is 11.4 Å². The van der Waals surface area contributed by atoms with Gasteiger partial charge < -0.3 is 9.15 Å². The van der Waals surface area contributed by atoms with Crippen LogP contribution in [-0.4, -0.2) is 33.8 Å². The molecule has 0 aliphatic heterocycles. The molecule has 0 spiro atoms. The topological polar surface area (TPSA) is 35.3 Å². The summed E-state index contributed by atoms with van der Waals surface area (Å²) in [4.78, 5) is 4.06. The van der Waals surface area contributed by atoms with Crippen molar-refractivity contribution in [1.82, 2.24) is 4.98 Å². The number of ether oxygens (including phenoxy) is 1. The number of hydrogen-bond donors (Lipinski definition) is 0. The Morgan fingerprint density at radius 3 is 2.79 bits per heavy atom. The number of aromatic nitrogens is 1. The summed E-state index contributed by atoms with van der Waals surface area (Å²) >= 11 is 0. The van der Waals surface area contributed by atoms with E-state index in [1.54, 1.807) is 0 Å². The molecule has 3 nitrogen and oxygen atoms in total. The van der Waals surface area contributed by atoms with Crippen LogP contribution >= 0.6 is 0 Å². The SMILES string of the molecule is BC(B)(B)Oc1ccc2ocnc2c1. The normalized spacial score (nSPS) is 11.7. The number of rotatable bonds is 2. The molecule has 0 saturated carbocycles. The van der Waals surface area contributed by atoms with E-state index in [0.29, 0.717) is 0 Å². The zero-order valence-corrected chi connectivity index (χ0v) is 8.57. The summed E-state index contributed by atoms with van der Waals surface area (Å²) in [5.74, 6) is 0.818. The predicted octanol–water partition coefficient (Wildman–Crippen LogP) is -1.28. The van der Waals surface area contributed by atoms with Crippen molar-refractivity contribution >= 4 is 34.6 Å². The van der Waals surface area contributed by atoms with E-state index in [4.69, 9.17) is 9.15 Å². The van der Waals surface area contributed by atoms with Crippen LogP contribution in [0.5, 0.6) is 5.75 Å². The Bertz CT molecular complexity index is 449. The highest BCUT2D eigenvalue weighted by Crippen LogP contribution is 2.20. The monoisotopic (exact) mass is 185 g/mol. The van der Waals surface area contributed by atoms with Gasteiger partial charge in [-0.2, -0.15) is 0 Å². The lowest BCUT2D eigenvalue weighted by molar-refractivity contribution is 0.319. The van der Waals surface area contributed by atoms with Crippen LogP contribution in [0.25, 0.3) is 11.1 Å². The number of nitrogens with zero attached hydrogens (tertiary/aromatic N) is 1. The Morgan fingerprint density at radius 1 is 1.29 bits per heavy atom. The standard InChI is InChI=1S/C8H10B3NO2/c9-8(10,11)14-5-1-2-7-6(3-5)12-4-13-7/h1-4H,9-11H2. The first-order valence-electron chi connectivity index (χ1n) is 4.57. The van der Waals surface area contributed by atoms with Crippen LogP contribution in [0.4, 0.5) is 0 Å². The first-order valence-corrected chi connectivity index (χ1v) is 4.57. The number of hydrogen-bond acceptors (Lipinski definition) is 3. The molecule has 1 aromatic carbocycles. The largest absolute Gasteiger partial charge is 0.514 e. The highest BCUT2D eigenvalue weighted by atomic mass is 16.5. The molecule has 0 radical (unpaired) electrons. The van der Waals surface area contributed by atoms with E-state index >= 15 is 0 Å². The second-order valence-corrected chi connectivity index (χ2v) is 4.20. The molecule has 2 rings (SSSR count). The van der Waals surface area contributed by atoms with E-state index in [2.05, 4.69) is 4.98 Å². The van der Waals surface area contributed by atoms with Gasteiger partial charge in [-0.05, 0) is 12.1 Å². The van der Waals surface area contributed by atoms with E-state index < -0.39 is 0 Å². The smallest absolute Gasteiger partial charge is 0.181 e. The van der Waals surface area contributed by atoms with E-state index in [1.165, 1.54) is 6.39 Å². The molecule has 68 valence electrons. The first-order chi connectivity index (χ1) is 6.54. The molecule has 0 fully saturated rings. The van der Waals surface area contributed by atoms with Gasteiger partial charge in [0.1, 0.15) is 34.8 Å². The minimum atomic E-state index is -0.183. The maximum Gasteiger partial charge on any atom is 0.181 e. The zero-order valence-electron chi connectivity index (χ0n) is 8.57. The minimum absolute atomic E-state index is 0.183. The molecule has 14 heavy (non-hydrogen) atoms. The van der Waals surface area contributed by atoms with Crippen LogP contribution in [0, 0.1) is 0 Å². The van der Waals surface area contributed by atoms with Crippen LogP contribution in [0.2, 0.25) is 0 Å². The van der Waals surface area contributed by atoms with Crippen LogP contribution in [0.3, 0.4) is 0 Å². The fourth-order valence-electron chi connectivity index (χ4n) is 1.25. The molecule has 0 saturated heterocycles. The minimum Gasteiger partial charge on any atom is -0.514 e. The van der Waals surface area contributed by atoms with Crippen LogP contribution in [0.15, 0.2) is 29.0 Å². The number of fused-ring (bicyclic) bond motifs is 1. The summed E-state index contributed by atoms with van der Waals surface area (Å²) < 4.78 is 10.8. The number of benzene rings is 1. The fraction of sp³-hybridized carbons (Fsp3) is 0.125. The van der Waals surface area contributed by atoms with Gasteiger partial charge in [-0.3, -0.25) is 0 Å². The Morgan fingerprint density at radius 2 is 2.07 bits per heavy atom. The second-order valence-electron chi connectivity index (χ2n) is 4.20. The molecule has 0 bridgehead atoms. The molecule has 1 heterocycles. The van der Waals surface area contributed by atoms with Gasteiger partial charge in [-0.15, -0.1) is 0 Å². The average molecular weight is 185 g/mol. The molecule has 0 N–H and O–H groups in total. The molecule has 0 atom stereocenters. The van der Waals surface area contributed by atoms with Crippen molar-refractivity contribution in [1.29, 1.82) is 0 Å². The van der Waals surface area contributed by atoms with E-state index in [9.17, 15) is 0 Å². The van der Waals surface area contributed by atoms with Crippen molar-refractivity contribution in [3.8, 4) is 5.75 Å².